The molecule has 0 radical (unpaired) electrons. The van der Waals surface area contributed by atoms with Gasteiger partial charge in [-0.05, 0) is 36.4 Å². The standard InChI is InChI=1S/C14H8F3NO2S/c15-14(16,17)8-1-3-9(4-2-8)18-11-7-10(19)5-6-12(11)21-13(18)20/h1-7,19H. The molecule has 0 fully saturated rings. The van der Waals surface area contributed by atoms with E-state index in [4.69, 9.17) is 0 Å². The van der Waals surface area contributed by atoms with Crippen LogP contribution in [0.5, 0.6) is 5.75 Å². The molecule has 7 heteroatoms. The molecule has 3 nitrogen and oxygen atoms in total. The number of alkyl halides is 3. The van der Waals surface area contributed by atoms with E-state index in [9.17, 15) is 23.1 Å². The lowest BCUT2D eigenvalue weighted by atomic mass is 10.2. The Morgan fingerprint density at radius 2 is 1.71 bits per heavy atom. The van der Waals surface area contributed by atoms with Crippen LogP contribution in [0.3, 0.4) is 0 Å². The third-order valence-corrected chi connectivity index (χ3v) is 3.94. The van der Waals surface area contributed by atoms with Gasteiger partial charge in [0.1, 0.15) is 5.75 Å². The number of fused-ring (bicyclic) bond motifs is 1. The van der Waals surface area contributed by atoms with Gasteiger partial charge in [0.05, 0.1) is 21.5 Å². The van der Waals surface area contributed by atoms with Gasteiger partial charge < -0.3 is 5.11 Å². The summed E-state index contributed by atoms with van der Waals surface area (Å²) in [5.74, 6) is -0.0130. The van der Waals surface area contributed by atoms with Crippen molar-refractivity contribution in [1.82, 2.24) is 4.57 Å². The summed E-state index contributed by atoms with van der Waals surface area (Å²) in [6.45, 7) is 0. The van der Waals surface area contributed by atoms with E-state index in [2.05, 4.69) is 0 Å². The minimum absolute atomic E-state index is 0.0130. The normalized spacial score (nSPS) is 12.0. The van der Waals surface area contributed by atoms with Gasteiger partial charge in [0, 0.05) is 6.07 Å². The van der Waals surface area contributed by atoms with Crippen LogP contribution in [0.25, 0.3) is 15.9 Å². The lowest BCUT2D eigenvalue weighted by molar-refractivity contribution is -0.137. The zero-order valence-corrected chi connectivity index (χ0v) is 11.2. The number of nitrogens with zero attached hydrogens (tertiary/aromatic N) is 1. The zero-order chi connectivity index (χ0) is 15.2. The summed E-state index contributed by atoms with van der Waals surface area (Å²) < 4.78 is 39.6. The maximum atomic E-state index is 12.5. The molecule has 0 atom stereocenters. The Hall–Kier alpha value is -2.28. The van der Waals surface area contributed by atoms with Gasteiger partial charge in [-0.2, -0.15) is 13.2 Å². The fraction of sp³-hybridized carbons (Fsp3) is 0.0714. The van der Waals surface area contributed by atoms with Crippen molar-refractivity contribution in [3.05, 3.63) is 57.7 Å². The summed E-state index contributed by atoms with van der Waals surface area (Å²) in [5, 5.41) is 9.50. The SMILES string of the molecule is O=c1sc2ccc(O)cc2n1-c1ccc(C(F)(F)F)cc1. The average Bonchev–Trinajstić information content (AvgIpc) is 2.73. The quantitative estimate of drug-likeness (QED) is 0.743. The number of rotatable bonds is 1. The number of hydrogen-bond acceptors (Lipinski definition) is 3. The van der Waals surface area contributed by atoms with Crippen molar-refractivity contribution in [3.8, 4) is 11.4 Å². The first-order valence-corrected chi connectivity index (χ1v) is 6.70. The maximum absolute atomic E-state index is 12.5. The molecular weight excluding hydrogens is 303 g/mol. The van der Waals surface area contributed by atoms with Crippen LogP contribution in [0.2, 0.25) is 0 Å². The van der Waals surface area contributed by atoms with Gasteiger partial charge in [0.2, 0.25) is 0 Å². The molecule has 1 heterocycles. The van der Waals surface area contributed by atoms with Crippen LogP contribution in [-0.2, 0) is 6.18 Å². The molecule has 0 saturated heterocycles. The third-order valence-electron chi connectivity index (χ3n) is 3.02. The lowest BCUT2D eigenvalue weighted by Gasteiger charge is -2.08. The van der Waals surface area contributed by atoms with Gasteiger partial charge in [-0.15, -0.1) is 0 Å². The Bertz CT molecular complexity index is 863. The molecule has 3 rings (SSSR count). The Morgan fingerprint density at radius 3 is 2.33 bits per heavy atom. The topological polar surface area (TPSA) is 42.2 Å². The van der Waals surface area contributed by atoms with E-state index >= 15 is 0 Å². The van der Waals surface area contributed by atoms with Gasteiger partial charge in [-0.3, -0.25) is 9.36 Å². The molecule has 21 heavy (non-hydrogen) atoms. The average molecular weight is 311 g/mol. The van der Waals surface area contributed by atoms with Crippen LogP contribution in [0.15, 0.2) is 47.3 Å². The highest BCUT2D eigenvalue weighted by Gasteiger charge is 2.30. The number of aromatic nitrogens is 1. The van der Waals surface area contributed by atoms with E-state index in [1.54, 1.807) is 6.07 Å². The number of hydrogen-bond donors (Lipinski definition) is 1. The highest BCUT2D eigenvalue weighted by atomic mass is 32.1. The number of phenols is 1. The van der Waals surface area contributed by atoms with Crippen molar-refractivity contribution in [2.24, 2.45) is 0 Å². The Morgan fingerprint density at radius 1 is 1.05 bits per heavy atom. The fourth-order valence-electron chi connectivity index (χ4n) is 2.05. The molecule has 0 aliphatic carbocycles. The minimum Gasteiger partial charge on any atom is -0.508 e. The second-order valence-electron chi connectivity index (χ2n) is 4.40. The van der Waals surface area contributed by atoms with E-state index in [1.807, 2.05) is 0 Å². The molecule has 108 valence electrons. The van der Waals surface area contributed by atoms with Crippen molar-refractivity contribution in [2.45, 2.75) is 6.18 Å². The van der Waals surface area contributed by atoms with E-state index in [-0.39, 0.29) is 10.6 Å². The summed E-state index contributed by atoms with van der Waals surface area (Å²) in [6, 6.07) is 8.78. The van der Waals surface area contributed by atoms with E-state index in [0.29, 0.717) is 15.9 Å². The zero-order valence-electron chi connectivity index (χ0n) is 10.4. The molecule has 0 amide bonds. The van der Waals surface area contributed by atoms with E-state index < -0.39 is 11.7 Å². The largest absolute Gasteiger partial charge is 0.508 e. The second kappa shape index (κ2) is 4.63. The fourth-order valence-corrected chi connectivity index (χ4v) is 2.92. The number of phenolic OH excluding ortho intramolecular Hbond substituents is 1. The Kier molecular flexibility index (Phi) is 3.02. The smallest absolute Gasteiger partial charge is 0.416 e. The van der Waals surface area contributed by atoms with Gasteiger partial charge in [-0.25, -0.2) is 0 Å². The Balaban J connectivity index is 2.19. The highest BCUT2D eigenvalue weighted by Crippen LogP contribution is 2.30. The van der Waals surface area contributed by atoms with E-state index in [1.165, 1.54) is 28.8 Å². The molecule has 0 bridgehead atoms. The maximum Gasteiger partial charge on any atom is 0.416 e. The first-order valence-electron chi connectivity index (χ1n) is 5.88. The molecule has 1 N–H and O–H groups in total. The number of benzene rings is 2. The molecule has 1 aromatic heterocycles. The van der Waals surface area contributed by atoms with Gasteiger partial charge >= 0.3 is 11.0 Å². The first-order chi connectivity index (χ1) is 9.86. The van der Waals surface area contributed by atoms with Crippen molar-refractivity contribution in [1.29, 1.82) is 0 Å². The molecule has 0 spiro atoms. The van der Waals surface area contributed by atoms with E-state index in [0.717, 1.165) is 23.5 Å². The van der Waals surface area contributed by atoms with Gasteiger partial charge in [0.25, 0.3) is 0 Å². The number of aromatic hydroxyl groups is 1. The van der Waals surface area contributed by atoms with Crippen LogP contribution in [0.1, 0.15) is 5.56 Å². The highest BCUT2D eigenvalue weighted by molar-refractivity contribution is 7.16. The van der Waals surface area contributed by atoms with Crippen molar-refractivity contribution < 1.29 is 18.3 Å². The summed E-state index contributed by atoms with van der Waals surface area (Å²) in [5.41, 5.74) is 0.0105. The van der Waals surface area contributed by atoms with Crippen molar-refractivity contribution >= 4 is 21.6 Å². The third kappa shape index (κ3) is 2.40. The van der Waals surface area contributed by atoms with Crippen LogP contribution in [0.4, 0.5) is 13.2 Å². The number of thiazole rings is 1. The van der Waals surface area contributed by atoms with Crippen LogP contribution < -0.4 is 4.87 Å². The van der Waals surface area contributed by atoms with Gasteiger partial charge in [-0.1, -0.05) is 11.3 Å². The predicted molar refractivity (Wildman–Crippen MR) is 74.1 cm³/mol. The molecule has 2 aromatic carbocycles. The molecule has 0 aliphatic rings. The molecule has 0 unspecified atom stereocenters. The second-order valence-corrected chi connectivity index (χ2v) is 5.39. The molecule has 0 saturated carbocycles. The molecular formula is C14H8F3NO2S. The first kappa shape index (κ1) is 13.7. The summed E-state index contributed by atoms with van der Waals surface area (Å²) in [7, 11) is 0. The minimum atomic E-state index is -4.42. The summed E-state index contributed by atoms with van der Waals surface area (Å²) in [4.78, 5) is 11.7. The van der Waals surface area contributed by atoms with Crippen LogP contribution in [0, 0.1) is 0 Å². The van der Waals surface area contributed by atoms with Crippen LogP contribution >= 0.6 is 11.3 Å². The van der Waals surface area contributed by atoms with Gasteiger partial charge in [0.15, 0.2) is 0 Å². The Labute approximate surface area is 120 Å². The lowest BCUT2D eigenvalue weighted by Crippen LogP contribution is -2.11. The predicted octanol–water partition coefficient (Wildman–Crippen LogP) is 3.78. The summed E-state index contributed by atoms with van der Waals surface area (Å²) >= 11 is 0.966. The number of halogens is 3. The van der Waals surface area contributed by atoms with Crippen LogP contribution in [-0.4, -0.2) is 9.67 Å². The van der Waals surface area contributed by atoms with Crippen molar-refractivity contribution in [3.63, 3.8) is 0 Å². The molecule has 0 aliphatic heterocycles. The summed E-state index contributed by atoms with van der Waals surface area (Å²) in [6.07, 6.45) is -4.42. The molecule has 3 aromatic rings. The van der Waals surface area contributed by atoms with Crippen molar-refractivity contribution in [2.75, 3.05) is 0 Å². The monoisotopic (exact) mass is 311 g/mol.